The Balaban J connectivity index is 2.26. The molecule has 92 valence electrons. The van der Waals surface area contributed by atoms with Crippen LogP contribution in [0.4, 0.5) is 5.95 Å². The van der Waals surface area contributed by atoms with Crippen LogP contribution in [0.3, 0.4) is 0 Å². The second kappa shape index (κ2) is 5.86. The van der Waals surface area contributed by atoms with Gasteiger partial charge in [-0.15, -0.1) is 11.8 Å². The van der Waals surface area contributed by atoms with Crippen LogP contribution in [0, 0.1) is 0 Å². The number of rotatable bonds is 6. The van der Waals surface area contributed by atoms with Gasteiger partial charge >= 0.3 is 0 Å². The number of nitrogens with one attached hydrogen (secondary N) is 2. The Labute approximate surface area is 105 Å². The molecule has 0 aliphatic rings. The third kappa shape index (κ3) is 2.88. The SMILES string of the molecule is CCCCSc1nc(NCC)nc2nc[nH]c12. The van der Waals surface area contributed by atoms with Crippen molar-refractivity contribution < 1.29 is 0 Å². The summed E-state index contributed by atoms with van der Waals surface area (Å²) in [5.41, 5.74) is 1.67. The average Bonchev–Trinajstić information content (AvgIpc) is 2.78. The van der Waals surface area contributed by atoms with Crippen LogP contribution in [-0.4, -0.2) is 32.2 Å². The lowest BCUT2D eigenvalue weighted by Gasteiger charge is -2.05. The fraction of sp³-hybridized carbons (Fsp3) is 0.545. The lowest BCUT2D eigenvalue weighted by atomic mass is 10.4. The first kappa shape index (κ1) is 12.2. The maximum atomic E-state index is 4.50. The van der Waals surface area contributed by atoms with Gasteiger partial charge < -0.3 is 10.3 Å². The van der Waals surface area contributed by atoms with E-state index in [1.165, 1.54) is 12.8 Å². The molecule has 0 amide bonds. The van der Waals surface area contributed by atoms with Gasteiger partial charge in [0.2, 0.25) is 5.95 Å². The highest BCUT2D eigenvalue weighted by molar-refractivity contribution is 7.99. The zero-order valence-corrected chi connectivity index (χ0v) is 11.0. The Bertz CT molecular complexity index is 482. The predicted octanol–water partition coefficient (Wildman–Crippen LogP) is 2.68. The smallest absolute Gasteiger partial charge is 0.225 e. The Morgan fingerprint density at radius 2 is 2.24 bits per heavy atom. The minimum atomic E-state index is 0.658. The highest BCUT2D eigenvalue weighted by Crippen LogP contribution is 2.24. The fourth-order valence-electron chi connectivity index (χ4n) is 1.46. The number of unbranched alkanes of at least 4 members (excludes halogenated alkanes) is 1. The topological polar surface area (TPSA) is 66.5 Å². The normalized spacial score (nSPS) is 10.9. The minimum Gasteiger partial charge on any atom is -0.354 e. The Morgan fingerprint density at radius 1 is 1.35 bits per heavy atom. The zero-order chi connectivity index (χ0) is 12.1. The summed E-state index contributed by atoms with van der Waals surface area (Å²) in [6.07, 6.45) is 4.06. The molecule has 2 aromatic heterocycles. The molecular formula is C11H17N5S. The van der Waals surface area contributed by atoms with Crippen molar-refractivity contribution >= 4 is 28.9 Å². The van der Waals surface area contributed by atoms with Gasteiger partial charge in [0.25, 0.3) is 0 Å². The number of anilines is 1. The number of nitrogens with zero attached hydrogens (tertiary/aromatic N) is 3. The largest absolute Gasteiger partial charge is 0.354 e. The average molecular weight is 251 g/mol. The molecule has 2 heterocycles. The highest BCUT2D eigenvalue weighted by atomic mass is 32.2. The molecular weight excluding hydrogens is 234 g/mol. The summed E-state index contributed by atoms with van der Waals surface area (Å²) in [6.45, 7) is 5.04. The molecule has 0 aliphatic heterocycles. The fourth-order valence-corrected chi connectivity index (χ4v) is 2.53. The summed E-state index contributed by atoms with van der Waals surface area (Å²) in [7, 11) is 0. The van der Waals surface area contributed by atoms with Crippen molar-refractivity contribution in [3.63, 3.8) is 0 Å². The van der Waals surface area contributed by atoms with Gasteiger partial charge in [-0.2, -0.15) is 4.98 Å². The third-order valence-electron chi connectivity index (χ3n) is 2.32. The number of H-pyrrole nitrogens is 1. The molecule has 2 aromatic rings. The molecule has 0 aliphatic carbocycles. The van der Waals surface area contributed by atoms with E-state index in [0.29, 0.717) is 5.95 Å². The molecule has 0 aromatic carbocycles. The van der Waals surface area contributed by atoms with Crippen LogP contribution in [0.15, 0.2) is 11.4 Å². The first-order valence-electron chi connectivity index (χ1n) is 5.93. The third-order valence-corrected chi connectivity index (χ3v) is 3.39. The van der Waals surface area contributed by atoms with Crippen molar-refractivity contribution in [1.82, 2.24) is 19.9 Å². The number of thioether (sulfide) groups is 1. The molecule has 5 nitrogen and oxygen atoms in total. The predicted molar refractivity (Wildman–Crippen MR) is 71.5 cm³/mol. The maximum Gasteiger partial charge on any atom is 0.225 e. The van der Waals surface area contributed by atoms with Crippen molar-refractivity contribution in [2.75, 3.05) is 17.6 Å². The van der Waals surface area contributed by atoms with Crippen molar-refractivity contribution in [1.29, 1.82) is 0 Å². The monoisotopic (exact) mass is 251 g/mol. The van der Waals surface area contributed by atoms with Crippen LogP contribution in [0.5, 0.6) is 0 Å². The van der Waals surface area contributed by atoms with E-state index in [1.807, 2.05) is 6.92 Å². The lowest BCUT2D eigenvalue weighted by Crippen LogP contribution is -2.03. The molecule has 0 fully saturated rings. The molecule has 0 unspecified atom stereocenters. The maximum absolute atomic E-state index is 4.50. The summed E-state index contributed by atoms with van der Waals surface area (Å²) in [4.78, 5) is 16.1. The highest BCUT2D eigenvalue weighted by Gasteiger charge is 2.09. The second-order valence-corrected chi connectivity index (χ2v) is 4.77. The minimum absolute atomic E-state index is 0.658. The summed E-state index contributed by atoms with van der Waals surface area (Å²) in [6, 6.07) is 0. The molecule has 17 heavy (non-hydrogen) atoms. The molecule has 6 heteroatoms. The van der Waals surface area contributed by atoms with Gasteiger partial charge in [-0.3, -0.25) is 0 Å². The van der Waals surface area contributed by atoms with Crippen molar-refractivity contribution in [3.8, 4) is 0 Å². The molecule has 0 radical (unpaired) electrons. The quantitative estimate of drug-likeness (QED) is 0.469. The Hall–Kier alpha value is -1.30. The van der Waals surface area contributed by atoms with Crippen LogP contribution in [0.1, 0.15) is 26.7 Å². The van der Waals surface area contributed by atoms with E-state index >= 15 is 0 Å². The van der Waals surface area contributed by atoms with Gasteiger partial charge in [0.05, 0.1) is 6.33 Å². The summed E-state index contributed by atoms with van der Waals surface area (Å²) >= 11 is 1.76. The molecule has 2 N–H and O–H groups in total. The summed E-state index contributed by atoms with van der Waals surface area (Å²) < 4.78 is 0. The summed E-state index contributed by atoms with van der Waals surface area (Å²) in [5.74, 6) is 1.74. The lowest BCUT2D eigenvalue weighted by molar-refractivity contribution is 0.894. The molecule has 0 bridgehead atoms. The standard InChI is InChI=1S/C11H17N5S/c1-3-5-6-17-10-8-9(14-7-13-8)15-11(16-10)12-4-2/h7H,3-6H2,1-2H3,(H2,12,13,14,15,16). The zero-order valence-electron chi connectivity index (χ0n) is 10.2. The van der Waals surface area contributed by atoms with Gasteiger partial charge in [0.1, 0.15) is 10.5 Å². The van der Waals surface area contributed by atoms with Crippen LogP contribution < -0.4 is 5.32 Å². The van der Waals surface area contributed by atoms with E-state index in [0.717, 1.165) is 28.5 Å². The molecule has 2 rings (SSSR count). The van der Waals surface area contributed by atoms with E-state index in [4.69, 9.17) is 0 Å². The molecule has 0 saturated carbocycles. The van der Waals surface area contributed by atoms with E-state index in [9.17, 15) is 0 Å². The van der Waals surface area contributed by atoms with Gasteiger partial charge in [-0.25, -0.2) is 9.97 Å². The van der Waals surface area contributed by atoms with Crippen LogP contribution in [0.2, 0.25) is 0 Å². The van der Waals surface area contributed by atoms with Crippen molar-refractivity contribution in [2.45, 2.75) is 31.7 Å². The first-order chi connectivity index (χ1) is 8.35. The van der Waals surface area contributed by atoms with E-state index in [-0.39, 0.29) is 0 Å². The van der Waals surface area contributed by atoms with E-state index in [2.05, 4.69) is 32.2 Å². The van der Waals surface area contributed by atoms with Crippen molar-refractivity contribution in [2.24, 2.45) is 0 Å². The number of fused-ring (bicyclic) bond motifs is 1. The van der Waals surface area contributed by atoms with Gasteiger partial charge in [-0.05, 0) is 19.1 Å². The van der Waals surface area contributed by atoms with Gasteiger partial charge in [-0.1, -0.05) is 13.3 Å². The number of aromatic amines is 1. The van der Waals surface area contributed by atoms with Crippen molar-refractivity contribution in [3.05, 3.63) is 6.33 Å². The van der Waals surface area contributed by atoms with Crippen LogP contribution >= 0.6 is 11.8 Å². The Morgan fingerprint density at radius 3 is 3.00 bits per heavy atom. The van der Waals surface area contributed by atoms with Gasteiger partial charge in [0, 0.05) is 6.54 Å². The molecule has 0 saturated heterocycles. The molecule has 0 atom stereocenters. The number of aromatic nitrogens is 4. The number of hydrogen-bond acceptors (Lipinski definition) is 5. The Kier molecular flexibility index (Phi) is 4.19. The summed E-state index contributed by atoms with van der Waals surface area (Å²) in [5, 5.41) is 4.11. The van der Waals surface area contributed by atoms with Crippen LogP contribution in [-0.2, 0) is 0 Å². The number of hydrogen-bond donors (Lipinski definition) is 2. The van der Waals surface area contributed by atoms with Crippen LogP contribution in [0.25, 0.3) is 11.2 Å². The first-order valence-corrected chi connectivity index (χ1v) is 6.91. The van der Waals surface area contributed by atoms with E-state index in [1.54, 1.807) is 18.1 Å². The number of imidazole rings is 1. The van der Waals surface area contributed by atoms with Gasteiger partial charge in [0.15, 0.2) is 5.65 Å². The van der Waals surface area contributed by atoms with E-state index < -0.39 is 0 Å². The second-order valence-electron chi connectivity index (χ2n) is 3.69. The molecule has 0 spiro atoms.